The molecule has 0 unspecified atom stereocenters. The highest BCUT2D eigenvalue weighted by Crippen LogP contribution is 2.25. The molecule has 1 heterocycles. The van der Waals surface area contributed by atoms with Gasteiger partial charge in [0.1, 0.15) is 0 Å². The van der Waals surface area contributed by atoms with Crippen LogP contribution in [-0.4, -0.2) is 41.3 Å². The third kappa shape index (κ3) is 4.02. The van der Waals surface area contributed by atoms with Crippen molar-refractivity contribution in [3.05, 3.63) is 11.4 Å². The highest BCUT2D eigenvalue weighted by molar-refractivity contribution is 5.88. The Bertz CT molecular complexity index is 421. The van der Waals surface area contributed by atoms with Gasteiger partial charge in [-0.25, -0.2) is 9.48 Å². The van der Waals surface area contributed by atoms with E-state index in [1.165, 1.54) is 0 Å². The van der Waals surface area contributed by atoms with Gasteiger partial charge < -0.3 is 9.47 Å². The standard InChI is InChI=1S/C13H23N3O3/c1-6-19-12(17)10-11(13(2,3)4)16(15-14-10)8-7-9-18-5/h6-9H2,1-5H3. The van der Waals surface area contributed by atoms with Gasteiger partial charge in [-0.05, 0) is 13.3 Å². The summed E-state index contributed by atoms with van der Waals surface area (Å²) in [4.78, 5) is 11.9. The van der Waals surface area contributed by atoms with Crippen LogP contribution in [0.3, 0.4) is 0 Å². The zero-order valence-corrected chi connectivity index (χ0v) is 12.4. The van der Waals surface area contributed by atoms with E-state index in [0.717, 1.165) is 12.1 Å². The number of aromatic nitrogens is 3. The summed E-state index contributed by atoms with van der Waals surface area (Å²) in [6.45, 7) is 9.52. The van der Waals surface area contributed by atoms with Crippen LogP contribution in [0.2, 0.25) is 0 Å². The van der Waals surface area contributed by atoms with Crippen LogP contribution in [0.15, 0.2) is 0 Å². The highest BCUT2D eigenvalue weighted by Gasteiger charge is 2.29. The molecule has 0 N–H and O–H groups in total. The van der Waals surface area contributed by atoms with Crippen molar-refractivity contribution in [2.75, 3.05) is 20.3 Å². The molecule has 0 aliphatic heterocycles. The fourth-order valence-corrected chi connectivity index (χ4v) is 1.91. The SMILES string of the molecule is CCOC(=O)c1nnn(CCCOC)c1C(C)(C)C. The summed E-state index contributed by atoms with van der Waals surface area (Å²) < 4.78 is 11.8. The first kappa shape index (κ1) is 15.6. The quantitative estimate of drug-likeness (QED) is 0.582. The number of ether oxygens (including phenoxy) is 2. The minimum Gasteiger partial charge on any atom is -0.461 e. The Morgan fingerprint density at radius 2 is 2.05 bits per heavy atom. The number of aryl methyl sites for hydroxylation is 1. The minimum atomic E-state index is -0.412. The Labute approximate surface area is 114 Å². The number of esters is 1. The van der Waals surface area contributed by atoms with Crippen molar-refractivity contribution >= 4 is 5.97 Å². The van der Waals surface area contributed by atoms with Gasteiger partial charge in [0, 0.05) is 25.7 Å². The van der Waals surface area contributed by atoms with Crippen molar-refractivity contribution in [2.45, 2.75) is 46.1 Å². The molecule has 108 valence electrons. The summed E-state index contributed by atoms with van der Waals surface area (Å²) in [7, 11) is 1.66. The van der Waals surface area contributed by atoms with Crippen molar-refractivity contribution in [3.8, 4) is 0 Å². The van der Waals surface area contributed by atoms with Crippen LogP contribution in [0, 0.1) is 0 Å². The van der Waals surface area contributed by atoms with Crippen LogP contribution in [0.5, 0.6) is 0 Å². The number of carbonyl (C=O) groups is 1. The van der Waals surface area contributed by atoms with Gasteiger partial charge in [-0.3, -0.25) is 0 Å². The van der Waals surface area contributed by atoms with Crippen LogP contribution in [0.1, 0.15) is 50.3 Å². The Balaban J connectivity index is 3.02. The molecule has 1 aromatic heterocycles. The van der Waals surface area contributed by atoms with E-state index in [1.807, 2.05) is 20.8 Å². The molecular weight excluding hydrogens is 246 g/mol. The molecule has 1 aromatic rings. The maximum absolute atomic E-state index is 11.9. The van der Waals surface area contributed by atoms with E-state index >= 15 is 0 Å². The van der Waals surface area contributed by atoms with E-state index in [1.54, 1.807) is 18.7 Å². The molecule has 0 saturated carbocycles. The van der Waals surface area contributed by atoms with E-state index in [4.69, 9.17) is 9.47 Å². The first-order valence-corrected chi connectivity index (χ1v) is 6.51. The van der Waals surface area contributed by atoms with Gasteiger partial charge in [0.05, 0.1) is 12.3 Å². The number of hydrogen-bond donors (Lipinski definition) is 0. The van der Waals surface area contributed by atoms with Gasteiger partial charge >= 0.3 is 5.97 Å². The van der Waals surface area contributed by atoms with Crippen molar-refractivity contribution in [2.24, 2.45) is 0 Å². The third-order valence-electron chi connectivity index (χ3n) is 2.63. The van der Waals surface area contributed by atoms with Crippen LogP contribution in [-0.2, 0) is 21.4 Å². The number of hydrogen-bond acceptors (Lipinski definition) is 5. The van der Waals surface area contributed by atoms with E-state index in [2.05, 4.69) is 10.3 Å². The molecular formula is C13H23N3O3. The molecule has 6 nitrogen and oxygen atoms in total. The second-order valence-electron chi connectivity index (χ2n) is 5.33. The molecule has 1 rings (SSSR count). The normalized spacial score (nSPS) is 11.6. The Morgan fingerprint density at radius 3 is 2.58 bits per heavy atom. The fourth-order valence-electron chi connectivity index (χ4n) is 1.91. The average Bonchev–Trinajstić information content (AvgIpc) is 2.73. The number of rotatable bonds is 6. The van der Waals surface area contributed by atoms with Gasteiger partial charge in [0.2, 0.25) is 0 Å². The summed E-state index contributed by atoms with van der Waals surface area (Å²) in [6, 6.07) is 0. The fraction of sp³-hybridized carbons (Fsp3) is 0.769. The molecule has 0 saturated heterocycles. The highest BCUT2D eigenvalue weighted by atomic mass is 16.5. The Kier molecular flexibility index (Phi) is 5.47. The predicted octanol–water partition coefficient (Wildman–Crippen LogP) is 1.79. The van der Waals surface area contributed by atoms with Gasteiger partial charge in [-0.1, -0.05) is 26.0 Å². The lowest BCUT2D eigenvalue weighted by atomic mass is 9.90. The second kappa shape index (κ2) is 6.65. The first-order chi connectivity index (χ1) is 8.91. The monoisotopic (exact) mass is 269 g/mol. The molecule has 0 bridgehead atoms. The molecule has 0 aliphatic carbocycles. The molecule has 0 atom stereocenters. The van der Waals surface area contributed by atoms with Crippen molar-refractivity contribution in [1.29, 1.82) is 0 Å². The Morgan fingerprint density at radius 1 is 1.37 bits per heavy atom. The maximum Gasteiger partial charge on any atom is 0.360 e. The summed E-state index contributed by atoms with van der Waals surface area (Å²) in [5, 5.41) is 8.05. The molecule has 19 heavy (non-hydrogen) atoms. The number of methoxy groups -OCH3 is 1. The minimum absolute atomic E-state index is 0.224. The lowest BCUT2D eigenvalue weighted by molar-refractivity contribution is 0.0516. The zero-order valence-electron chi connectivity index (χ0n) is 12.4. The van der Waals surface area contributed by atoms with E-state index < -0.39 is 5.97 Å². The molecule has 0 aromatic carbocycles. The van der Waals surface area contributed by atoms with Crippen LogP contribution >= 0.6 is 0 Å². The van der Waals surface area contributed by atoms with E-state index in [-0.39, 0.29) is 5.41 Å². The third-order valence-corrected chi connectivity index (χ3v) is 2.63. The van der Waals surface area contributed by atoms with Gasteiger partial charge in [-0.15, -0.1) is 5.10 Å². The predicted molar refractivity (Wildman–Crippen MR) is 71.2 cm³/mol. The first-order valence-electron chi connectivity index (χ1n) is 6.51. The Hall–Kier alpha value is -1.43. The lowest BCUT2D eigenvalue weighted by Crippen LogP contribution is -2.23. The summed E-state index contributed by atoms with van der Waals surface area (Å²) in [6.07, 6.45) is 0.825. The number of nitrogens with zero attached hydrogens (tertiary/aromatic N) is 3. The summed E-state index contributed by atoms with van der Waals surface area (Å²) in [5.41, 5.74) is 0.896. The van der Waals surface area contributed by atoms with Gasteiger partial charge in [0.25, 0.3) is 0 Å². The van der Waals surface area contributed by atoms with Crippen LogP contribution < -0.4 is 0 Å². The molecule has 6 heteroatoms. The topological polar surface area (TPSA) is 66.2 Å². The second-order valence-corrected chi connectivity index (χ2v) is 5.33. The average molecular weight is 269 g/mol. The van der Waals surface area contributed by atoms with Crippen molar-refractivity contribution in [3.63, 3.8) is 0 Å². The molecule has 0 amide bonds. The van der Waals surface area contributed by atoms with Crippen LogP contribution in [0.25, 0.3) is 0 Å². The van der Waals surface area contributed by atoms with Gasteiger partial charge in [-0.2, -0.15) is 0 Å². The molecule has 0 radical (unpaired) electrons. The maximum atomic E-state index is 11.9. The number of carbonyl (C=O) groups excluding carboxylic acids is 1. The van der Waals surface area contributed by atoms with Gasteiger partial charge in [0.15, 0.2) is 5.69 Å². The smallest absolute Gasteiger partial charge is 0.360 e. The summed E-state index contributed by atoms with van der Waals surface area (Å²) >= 11 is 0. The van der Waals surface area contributed by atoms with E-state index in [0.29, 0.717) is 25.5 Å². The van der Waals surface area contributed by atoms with Crippen LogP contribution in [0.4, 0.5) is 0 Å². The molecule has 0 aliphatic rings. The van der Waals surface area contributed by atoms with Crippen molar-refractivity contribution < 1.29 is 14.3 Å². The summed E-state index contributed by atoms with van der Waals surface area (Å²) in [5.74, 6) is -0.412. The largest absolute Gasteiger partial charge is 0.461 e. The van der Waals surface area contributed by atoms with E-state index in [9.17, 15) is 4.79 Å². The lowest BCUT2D eigenvalue weighted by Gasteiger charge is -2.20. The molecule has 0 fully saturated rings. The zero-order chi connectivity index (χ0) is 14.5. The van der Waals surface area contributed by atoms with Crippen molar-refractivity contribution in [1.82, 2.24) is 15.0 Å². The molecule has 0 spiro atoms.